The molecule has 8 heteroatoms. The average molecular weight is 475 g/mol. The molecule has 1 aliphatic heterocycles. The lowest BCUT2D eigenvalue weighted by Gasteiger charge is -2.38. The molecule has 0 radical (unpaired) electrons. The van der Waals surface area contributed by atoms with Gasteiger partial charge in [-0.2, -0.15) is 0 Å². The Bertz CT molecular complexity index is 1350. The number of pyridine rings is 1. The van der Waals surface area contributed by atoms with E-state index >= 15 is 0 Å². The molecular weight excluding hydrogens is 448 g/mol. The fraction of sp³-hybridized carbons (Fsp3) is 0.308. The number of ether oxygens (including phenoxy) is 1. The van der Waals surface area contributed by atoms with E-state index in [0.29, 0.717) is 46.5 Å². The molecule has 0 saturated heterocycles. The van der Waals surface area contributed by atoms with E-state index in [4.69, 9.17) is 9.72 Å². The SMILES string of the molecule is COc1ccccc1[C@H]1C2=C(CC(C)(C)CC2=O)Nc2nc(SCc3ccccn3)[nH]c(=O)c21. The van der Waals surface area contributed by atoms with Crippen LogP contribution in [0.2, 0.25) is 0 Å². The third-order valence-electron chi connectivity index (χ3n) is 6.23. The largest absolute Gasteiger partial charge is 0.496 e. The van der Waals surface area contributed by atoms with E-state index in [1.807, 2.05) is 42.5 Å². The number of nitrogens with zero attached hydrogens (tertiary/aromatic N) is 2. The first-order valence-electron chi connectivity index (χ1n) is 11.2. The first-order valence-corrected chi connectivity index (χ1v) is 12.2. The summed E-state index contributed by atoms with van der Waals surface area (Å²) < 4.78 is 5.62. The van der Waals surface area contributed by atoms with E-state index in [0.717, 1.165) is 17.0 Å². The number of H-pyrrole nitrogens is 1. The zero-order chi connectivity index (χ0) is 23.9. The molecule has 2 aliphatic rings. The number of fused-ring (bicyclic) bond motifs is 1. The van der Waals surface area contributed by atoms with Gasteiger partial charge in [-0.15, -0.1) is 0 Å². The lowest BCUT2D eigenvalue weighted by Crippen LogP contribution is -2.37. The molecule has 0 spiro atoms. The van der Waals surface area contributed by atoms with E-state index in [1.54, 1.807) is 13.3 Å². The molecule has 1 aromatic carbocycles. The molecule has 174 valence electrons. The first kappa shape index (κ1) is 22.4. The van der Waals surface area contributed by atoms with Crippen LogP contribution in [0.5, 0.6) is 5.75 Å². The lowest BCUT2D eigenvalue weighted by molar-refractivity contribution is -0.118. The maximum atomic E-state index is 13.4. The minimum absolute atomic E-state index is 0.0494. The van der Waals surface area contributed by atoms with Crippen molar-refractivity contribution in [3.8, 4) is 5.75 Å². The van der Waals surface area contributed by atoms with E-state index in [2.05, 4.69) is 29.1 Å². The number of hydrogen-bond donors (Lipinski definition) is 2. The smallest absolute Gasteiger partial charge is 0.257 e. The Labute approximate surface area is 202 Å². The number of Topliss-reactive ketones (excluding diaryl/α,β-unsaturated/α-hetero) is 1. The van der Waals surface area contributed by atoms with Crippen LogP contribution < -0.4 is 15.6 Å². The highest BCUT2D eigenvalue weighted by Gasteiger charge is 2.43. The Morgan fingerprint density at radius 3 is 2.68 bits per heavy atom. The molecule has 0 amide bonds. The summed E-state index contributed by atoms with van der Waals surface area (Å²) >= 11 is 1.42. The molecule has 34 heavy (non-hydrogen) atoms. The summed E-state index contributed by atoms with van der Waals surface area (Å²) in [4.78, 5) is 38.9. The molecule has 2 aromatic heterocycles. The lowest BCUT2D eigenvalue weighted by atomic mass is 9.69. The second-order valence-electron chi connectivity index (χ2n) is 9.38. The topological polar surface area (TPSA) is 97.0 Å². The number of nitrogens with one attached hydrogen (secondary N) is 2. The van der Waals surface area contributed by atoms with Gasteiger partial charge in [-0.1, -0.05) is 49.9 Å². The number of aromatic amines is 1. The van der Waals surface area contributed by atoms with Gasteiger partial charge in [-0.3, -0.25) is 14.6 Å². The van der Waals surface area contributed by atoms with Crippen molar-refractivity contribution in [1.29, 1.82) is 0 Å². The van der Waals surface area contributed by atoms with Gasteiger partial charge in [0.05, 0.1) is 24.3 Å². The van der Waals surface area contributed by atoms with E-state index < -0.39 is 5.92 Å². The van der Waals surface area contributed by atoms with Gasteiger partial charge in [0, 0.05) is 35.2 Å². The molecule has 5 rings (SSSR count). The third-order valence-corrected chi connectivity index (χ3v) is 7.14. The van der Waals surface area contributed by atoms with Crippen molar-refractivity contribution in [3.63, 3.8) is 0 Å². The summed E-state index contributed by atoms with van der Waals surface area (Å²) in [5.74, 6) is 1.22. The summed E-state index contributed by atoms with van der Waals surface area (Å²) in [5.41, 5.74) is 3.16. The van der Waals surface area contributed by atoms with Crippen molar-refractivity contribution in [3.05, 3.63) is 87.1 Å². The Kier molecular flexibility index (Phi) is 5.77. The van der Waals surface area contributed by atoms with Crippen molar-refractivity contribution in [1.82, 2.24) is 15.0 Å². The van der Waals surface area contributed by atoms with Gasteiger partial charge in [0.1, 0.15) is 11.6 Å². The molecule has 3 aromatic rings. The molecule has 1 atom stereocenters. The van der Waals surface area contributed by atoms with Crippen LogP contribution in [-0.4, -0.2) is 27.8 Å². The standard InChI is InChI=1S/C26H26N4O3S/c1-26(2)12-17-21(18(31)13-26)20(16-9-4-5-10-19(16)33-3)22-23(28-17)29-25(30-24(22)32)34-14-15-8-6-7-11-27-15/h4-11,20H,12-14H2,1-3H3,(H2,28,29,30,32)/t20-/m0/s1. The Hall–Kier alpha value is -3.39. The van der Waals surface area contributed by atoms with Crippen molar-refractivity contribution in [2.45, 2.75) is 43.5 Å². The van der Waals surface area contributed by atoms with Crippen LogP contribution in [0.3, 0.4) is 0 Å². The van der Waals surface area contributed by atoms with Crippen LogP contribution in [0, 0.1) is 5.41 Å². The average Bonchev–Trinajstić information content (AvgIpc) is 2.81. The van der Waals surface area contributed by atoms with Crippen molar-refractivity contribution >= 4 is 23.4 Å². The number of anilines is 1. The minimum Gasteiger partial charge on any atom is -0.496 e. The fourth-order valence-electron chi connectivity index (χ4n) is 4.80. The molecule has 0 bridgehead atoms. The molecule has 0 fully saturated rings. The van der Waals surface area contributed by atoms with Crippen LogP contribution in [0.1, 0.15) is 49.4 Å². The molecule has 0 saturated carbocycles. The number of allylic oxidation sites excluding steroid dienone is 2. The van der Waals surface area contributed by atoms with Gasteiger partial charge in [0.15, 0.2) is 10.9 Å². The zero-order valence-corrected chi connectivity index (χ0v) is 20.2. The highest BCUT2D eigenvalue weighted by Crippen LogP contribution is 2.49. The number of rotatable bonds is 5. The van der Waals surface area contributed by atoms with Crippen LogP contribution in [0.25, 0.3) is 0 Å². The second-order valence-corrected chi connectivity index (χ2v) is 10.3. The maximum absolute atomic E-state index is 13.4. The summed E-state index contributed by atoms with van der Waals surface area (Å²) in [6.07, 6.45) is 2.87. The Morgan fingerprint density at radius 1 is 1.12 bits per heavy atom. The van der Waals surface area contributed by atoms with Crippen LogP contribution in [0.4, 0.5) is 5.82 Å². The molecule has 3 heterocycles. The monoisotopic (exact) mass is 474 g/mol. The van der Waals surface area contributed by atoms with E-state index in [9.17, 15) is 9.59 Å². The number of aromatic nitrogens is 3. The zero-order valence-electron chi connectivity index (χ0n) is 19.3. The van der Waals surface area contributed by atoms with Gasteiger partial charge in [0.25, 0.3) is 5.56 Å². The van der Waals surface area contributed by atoms with Crippen molar-refractivity contribution < 1.29 is 9.53 Å². The summed E-state index contributed by atoms with van der Waals surface area (Å²) in [6, 6.07) is 13.3. The number of carbonyl (C=O) groups is 1. The molecular formula is C26H26N4O3S. The molecule has 2 N–H and O–H groups in total. The number of benzene rings is 1. The highest BCUT2D eigenvalue weighted by molar-refractivity contribution is 7.98. The predicted octanol–water partition coefficient (Wildman–Crippen LogP) is 4.67. The van der Waals surface area contributed by atoms with Crippen molar-refractivity contribution in [2.75, 3.05) is 12.4 Å². The number of ketones is 1. The number of para-hydroxylation sites is 1. The molecule has 7 nitrogen and oxygen atoms in total. The highest BCUT2D eigenvalue weighted by atomic mass is 32.2. The number of carbonyl (C=O) groups excluding carboxylic acids is 1. The van der Waals surface area contributed by atoms with Crippen molar-refractivity contribution in [2.24, 2.45) is 5.41 Å². The summed E-state index contributed by atoms with van der Waals surface area (Å²) in [5, 5.41) is 3.87. The molecule has 0 unspecified atom stereocenters. The van der Waals surface area contributed by atoms with Crippen LogP contribution in [0.15, 0.2) is 69.9 Å². The number of hydrogen-bond acceptors (Lipinski definition) is 7. The number of methoxy groups -OCH3 is 1. The minimum atomic E-state index is -0.544. The molecule has 1 aliphatic carbocycles. The normalized spacial score (nSPS) is 18.7. The van der Waals surface area contributed by atoms with Gasteiger partial charge < -0.3 is 15.0 Å². The van der Waals surface area contributed by atoms with Gasteiger partial charge in [-0.05, 0) is 30.0 Å². The van der Waals surface area contributed by atoms with E-state index in [-0.39, 0.29) is 16.8 Å². The van der Waals surface area contributed by atoms with Gasteiger partial charge in [-0.25, -0.2) is 4.98 Å². The quantitative estimate of drug-likeness (QED) is 0.410. The Balaban J connectivity index is 1.62. The number of thioether (sulfide) groups is 1. The summed E-state index contributed by atoms with van der Waals surface area (Å²) in [7, 11) is 1.60. The maximum Gasteiger partial charge on any atom is 0.257 e. The van der Waals surface area contributed by atoms with Gasteiger partial charge >= 0.3 is 0 Å². The van der Waals surface area contributed by atoms with Crippen LogP contribution >= 0.6 is 11.8 Å². The van der Waals surface area contributed by atoms with E-state index in [1.165, 1.54) is 11.8 Å². The predicted molar refractivity (Wildman–Crippen MR) is 132 cm³/mol. The van der Waals surface area contributed by atoms with Crippen LogP contribution in [-0.2, 0) is 10.5 Å². The fourth-order valence-corrected chi connectivity index (χ4v) is 5.58. The Morgan fingerprint density at radius 2 is 1.91 bits per heavy atom. The van der Waals surface area contributed by atoms with Gasteiger partial charge in [0.2, 0.25) is 0 Å². The third kappa shape index (κ3) is 4.14. The second kappa shape index (κ2) is 8.76. The first-order chi connectivity index (χ1) is 16.4. The summed E-state index contributed by atoms with van der Waals surface area (Å²) in [6.45, 7) is 4.17.